The molecule has 0 saturated heterocycles. The molecule has 6 heteroatoms. The van der Waals surface area contributed by atoms with E-state index in [-0.39, 0.29) is 10.8 Å². The average Bonchev–Trinajstić information content (AvgIpc) is 2.88. The zero-order valence-electron chi connectivity index (χ0n) is 14.7. The fourth-order valence-corrected chi connectivity index (χ4v) is 3.14. The third-order valence-electron chi connectivity index (χ3n) is 3.15. The molecule has 0 aliphatic heterocycles. The van der Waals surface area contributed by atoms with Crippen molar-refractivity contribution in [3.05, 3.63) is 31.4 Å². The lowest BCUT2D eigenvalue weighted by molar-refractivity contribution is 0.520. The minimum atomic E-state index is 0.137. The van der Waals surface area contributed by atoms with Crippen molar-refractivity contribution in [3.8, 4) is 0 Å². The van der Waals surface area contributed by atoms with Gasteiger partial charge in [-0.15, -0.1) is 0 Å². The van der Waals surface area contributed by atoms with Crippen molar-refractivity contribution < 1.29 is 0 Å². The minimum absolute atomic E-state index is 0.137. The Kier molecular flexibility index (Phi) is 6.51. The van der Waals surface area contributed by atoms with Crippen LogP contribution in [0.25, 0.3) is 0 Å². The lowest BCUT2D eigenvalue weighted by Crippen LogP contribution is -2.17. The van der Waals surface area contributed by atoms with E-state index in [4.69, 9.17) is 0 Å². The molecule has 0 radical (unpaired) electrons. The van der Waals surface area contributed by atoms with E-state index in [1.165, 1.54) is 3.70 Å². The fourth-order valence-electron chi connectivity index (χ4n) is 2.20. The van der Waals surface area contributed by atoms with Crippen LogP contribution < -0.4 is 0 Å². The summed E-state index contributed by atoms with van der Waals surface area (Å²) in [6.45, 7) is 13.0. The maximum Gasteiger partial charge on any atom is 0.133 e. The molecule has 0 atom stereocenters. The van der Waals surface area contributed by atoms with E-state index in [1.54, 1.807) is 0 Å². The Morgan fingerprint density at radius 1 is 0.909 bits per heavy atom. The normalized spacial score (nSPS) is 12.1. The van der Waals surface area contributed by atoms with Crippen molar-refractivity contribution >= 4 is 45.2 Å². The van der Waals surface area contributed by atoms with Gasteiger partial charge in [0.15, 0.2) is 0 Å². The van der Waals surface area contributed by atoms with E-state index in [0.29, 0.717) is 0 Å². The summed E-state index contributed by atoms with van der Waals surface area (Å²) in [5, 5.41) is 0. The molecule has 0 aliphatic rings. The van der Waals surface area contributed by atoms with Crippen LogP contribution in [-0.2, 0) is 24.9 Å². The number of hydrogen-bond donors (Lipinski definition) is 0. The number of halogens is 2. The molecule has 124 valence electrons. The molecule has 0 amide bonds. The van der Waals surface area contributed by atoms with Crippen molar-refractivity contribution in [3.63, 3.8) is 0 Å². The van der Waals surface area contributed by atoms with E-state index in [0.717, 1.165) is 15.3 Å². The largest absolute Gasteiger partial charge is 0.338 e. The highest BCUT2D eigenvalue weighted by atomic mass is 127. The van der Waals surface area contributed by atoms with Crippen LogP contribution in [0.1, 0.15) is 53.2 Å². The Morgan fingerprint density at radius 2 is 1.41 bits per heavy atom. The van der Waals surface area contributed by atoms with Crippen LogP contribution in [0.5, 0.6) is 0 Å². The van der Waals surface area contributed by atoms with Gasteiger partial charge in [0.1, 0.15) is 19.1 Å². The Balaban J connectivity index is 0.000000224. The summed E-state index contributed by atoms with van der Waals surface area (Å²) in [5.74, 6) is 2.28. The predicted octanol–water partition coefficient (Wildman–Crippen LogP) is 4.64. The van der Waals surface area contributed by atoms with Crippen LogP contribution in [0.4, 0.5) is 0 Å². The third kappa shape index (κ3) is 4.94. The van der Waals surface area contributed by atoms with Gasteiger partial charge in [-0.2, -0.15) is 0 Å². The van der Waals surface area contributed by atoms with Crippen molar-refractivity contribution in [1.82, 2.24) is 19.1 Å². The molecule has 4 nitrogen and oxygen atoms in total. The lowest BCUT2D eigenvalue weighted by atomic mass is 9.96. The Labute approximate surface area is 161 Å². The van der Waals surface area contributed by atoms with Crippen LogP contribution in [0.3, 0.4) is 0 Å². The first-order valence-corrected chi connectivity index (χ1v) is 9.37. The second kappa shape index (κ2) is 7.19. The average molecular weight is 528 g/mol. The van der Waals surface area contributed by atoms with Crippen LogP contribution in [0.2, 0.25) is 0 Å². The van der Waals surface area contributed by atoms with Crippen LogP contribution in [0.15, 0.2) is 12.4 Å². The van der Waals surface area contributed by atoms with Gasteiger partial charge in [0.25, 0.3) is 0 Å². The first kappa shape index (κ1) is 19.9. The summed E-state index contributed by atoms with van der Waals surface area (Å²) in [7, 11) is 4.09. The third-order valence-corrected chi connectivity index (χ3v) is 6.17. The summed E-state index contributed by atoms with van der Waals surface area (Å²) in [6, 6.07) is 0. The van der Waals surface area contributed by atoms with Gasteiger partial charge in [-0.3, -0.25) is 0 Å². The molecule has 0 aliphatic carbocycles. The van der Waals surface area contributed by atoms with E-state index in [2.05, 4.69) is 113 Å². The van der Waals surface area contributed by atoms with E-state index < -0.39 is 0 Å². The molecule has 0 fully saturated rings. The minimum Gasteiger partial charge on any atom is -0.338 e. The van der Waals surface area contributed by atoms with Crippen molar-refractivity contribution in [2.45, 2.75) is 52.4 Å². The zero-order valence-corrected chi connectivity index (χ0v) is 19.0. The van der Waals surface area contributed by atoms with Gasteiger partial charge in [-0.25, -0.2) is 9.97 Å². The summed E-state index contributed by atoms with van der Waals surface area (Å²) in [5.41, 5.74) is 0.302. The molecular formula is C16H26I2N4. The quantitative estimate of drug-likeness (QED) is 0.468. The fraction of sp³-hybridized carbons (Fsp3) is 0.625. The highest BCUT2D eigenvalue weighted by Crippen LogP contribution is 2.25. The van der Waals surface area contributed by atoms with Gasteiger partial charge in [-0.1, -0.05) is 41.5 Å². The van der Waals surface area contributed by atoms with Crippen molar-refractivity contribution in [2.24, 2.45) is 14.1 Å². The van der Waals surface area contributed by atoms with Gasteiger partial charge in [-0.05, 0) is 45.2 Å². The number of hydrogen-bond acceptors (Lipinski definition) is 2. The number of nitrogens with zero attached hydrogens (tertiary/aromatic N) is 4. The van der Waals surface area contributed by atoms with Gasteiger partial charge in [0.2, 0.25) is 0 Å². The highest BCUT2D eigenvalue weighted by Gasteiger charge is 2.22. The van der Waals surface area contributed by atoms with Gasteiger partial charge in [0.05, 0.1) is 0 Å². The van der Waals surface area contributed by atoms with E-state index >= 15 is 0 Å². The standard InChI is InChI=1S/C8H12I2N2.C8H14N2/c1-8(2,3)7-11-5(9)6(10)12(7)4;1-8(2,3)7-9-5-6-10(7)4/h1-4H3;5-6H,1-4H3. The van der Waals surface area contributed by atoms with Gasteiger partial charge in [0, 0.05) is 37.3 Å². The first-order valence-electron chi connectivity index (χ1n) is 7.21. The van der Waals surface area contributed by atoms with Crippen LogP contribution in [0, 0.1) is 7.40 Å². The lowest BCUT2D eigenvalue weighted by Gasteiger charge is -2.17. The topological polar surface area (TPSA) is 35.6 Å². The summed E-state index contributed by atoms with van der Waals surface area (Å²) >= 11 is 4.59. The molecule has 0 saturated carbocycles. The second-order valence-corrected chi connectivity index (χ2v) is 9.48. The number of aryl methyl sites for hydroxylation is 1. The Bertz CT molecular complexity index is 628. The van der Waals surface area contributed by atoms with Gasteiger partial charge >= 0.3 is 0 Å². The van der Waals surface area contributed by atoms with Crippen molar-refractivity contribution in [2.75, 3.05) is 0 Å². The molecule has 2 heterocycles. The molecule has 0 bridgehead atoms. The predicted molar refractivity (Wildman–Crippen MR) is 109 cm³/mol. The Hall–Kier alpha value is -0.120. The maximum absolute atomic E-state index is 4.52. The molecule has 2 aromatic heterocycles. The van der Waals surface area contributed by atoms with E-state index in [9.17, 15) is 0 Å². The number of imidazole rings is 2. The number of rotatable bonds is 0. The first-order chi connectivity index (χ1) is 9.85. The SMILES string of the molecule is Cn1c(C(C)(C)C)nc(I)c1I.Cn1ccnc1C(C)(C)C. The monoisotopic (exact) mass is 528 g/mol. The van der Waals surface area contributed by atoms with Crippen LogP contribution in [-0.4, -0.2) is 19.1 Å². The molecule has 0 spiro atoms. The summed E-state index contributed by atoms with van der Waals surface area (Å²) < 4.78 is 6.53. The smallest absolute Gasteiger partial charge is 0.133 e. The van der Waals surface area contributed by atoms with Gasteiger partial charge < -0.3 is 9.13 Å². The Morgan fingerprint density at radius 3 is 1.59 bits per heavy atom. The molecule has 0 unspecified atom stereocenters. The highest BCUT2D eigenvalue weighted by molar-refractivity contribution is 14.1. The van der Waals surface area contributed by atoms with E-state index in [1.807, 2.05) is 19.4 Å². The second-order valence-electron chi connectivity index (χ2n) is 7.44. The molecule has 0 aromatic carbocycles. The van der Waals surface area contributed by atoms with Crippen LogP contribution >= 0.6 is 45.2 Å². The summed E-state index contributed by atoms with van der Waals surface area (Å²) in [6.07, 6.45) is 3.81. The summed E-state index contributed by atoms with van der Waals surface area (Å²) in [4.78, 5) is 8.77. The molecular weight excluding hydrogens is 502 g/mol. The molecule has 22 heavy (non-hydrogen) atoms. The molecule has 0 N–H and O–H groups in total. The number of aromatic nitrogens is 4. The maximum atomic E-state index is 4.52. The zero-order chi connectivity index (χ0) is 17.3. The van der Waals surface area contributed by atoms with Crippen molar-refractivity contribution in [1.29, 1.82) is 0 Å². The molecule has 2 rings (SSSR count). The molecule has 2 aromatic rings.